The lowest BCUT2D eigenvalue weighted by Crippen LogP contribution is -2.17. The van der Waals surface area contributed by atoms with Crippen molar-refractivity contribution in [3.8, 4) is 0 Å². The highest BCUT2D eigenvalue weighted by Crippen LogP contribution is 2.29. The van der Waals surface area contributed by atoms with Crippen molar-refractivity contribution in [2.75, 3.05) is 5.32 Å². The van der Waals surface area contributed by atoms with Crippen LogP contribution in [0, 0.1) is 20.2 Å². The third kappa shape index (κ3) is 4.64. The predicted octanol–water partition coefficient (Wildman–Crippen LogP) is 3.75. The smallest absolute Gasteiger partial charge is 0.299 e. The van der Waals surface area contributed by atoms with Gasteiger partial charge in [0.2, 0.25) is 0 Å². The van der Waals surface area contributed by atoms with Crippen LogP contribution < -0.4 is 5.32 Å². The molecule has 3 aromatic carbocycles. The standard InChI is InChI=1S/C19H14N4O6S/c24-22(25)15-11-12-17(18(13-15)23(26)27)20-19(14-7-3-1-4-8-14)21-30(28,29)16-9-5-2-6-10-16/h1-13H,(H,20,21). The molecule has 0 aliphatic heterocycles. The van der Waals surface area contributed by atoms with Gasteiger partial charge in [-0.15, -0.1) is 4.40 Å². The van der Waals surface area contributed by atoms with Crippen LogP contribution in [-0.4, -0.2) is 24.1 Å². The van der Waals surface area contributed by atoms with Crippen LogP contribution in [0.25, 0.3) is 0 Å². The Morgan fingerprint density at radius 2 is 1.43 bits per heavy atom. The van der Waals surface area contributed by atoms with Gasteiger partial charge in [-0.25, -0.2) is 0 Å². The fourth-order valence-electron chi connectivity index (χ4n) is 2.53. The van der Waals surface area contributed by atoms with Crippen molar-refractivity contribution in [2.24, 2.45) is 4.40 Å². The Morgan fingerprint density at radius 1 is 0.833 bits per heavy atom. The number of hydrogen-bond donors (Lipinski definition) is 1. The van der Waals surface area contributed by atoms with E-state index in [1.165, 1.54) is 12.1 Å². The third-order valence-electron chi connectivity index (χ3n) is 3.94. The van der Waals surface area contributed by atoms with Crippen molar-refractivity contribution in [3.05, 3.63) is 105 Å². The maximum absolute atomic E-state index is 12.7. The fourth-order valence-corrected chi connectivity index (χ4v) is 3.52. The number of sulfonamides is 1. The Morgan fingerprint density at radius 3 is 2.00 bits per heavy atom. The molecule has 0 amide bonds. The van der Waals surface area contributed by atoms with Crippen molar-refractivity contribution in [1.82, 2.24) is 0 Å². The van der Waals surface area contributed by atoms with Gasteiger partial charge in [-0.05, 0) is 18.2 Å². The number of non-ortho nitro benzene ring substituents is 1. The molecule has 11 heteroatoms. The first kappa shape index (κ1) is 20.6. The topological polar surface area (TPSA) is 145 Å². The molecule has 0 radical (unpaired) electrons. The maximum atomic E-state index is 12.7. The molecular weight excluding hydrogens is 412 g/mol. The summed E-state index contributed by atoms with van der Waals surface area (Å²) in [5.74, 6) is -0.170. The number of rotatable bonds is 6. The Balaban J connectivity index is 2.12. The lowest BCUT2D eigenvalue weighted by atomic mass is 10.2. The van der Waals surface area contributed by atoms with E-state index in [1.807, 2.05) is 0 Å². The predicted molar refractivity (Wildman–Crippen MR) is 110 cm³/mol. The summed E-state index contributed by atoms with van der Waals surface area (Å²) in [6.07, 6.45) is 0. The zero-order chi connectivity index (χ0) is 21.7. The summed E-state index contributed by atoms with van der Waals surface area (Å²) in [5, 5.41) is 25.0. The SMILES string of the molecule is O=[N+]([O-])c1ccc(N/C(=N\S(=O)(=O)c2ccccc2)c2ccccc2)c([N+](=O)[O-])c1. The molecule has 3 aromatic rings. The first-order chi connectivity index (χ1) is 14.3. The Labute approximate surface area is 170 Å². The lowest BCUT2D eigenvalue weighted by molar-refractivity contribution is -0.393. The molecule has 0 bridgehead atoms. The van der Waals surface area contributed by atoms with E-state index in [2.05, 4.69) is 9.71 Å². The lowest BCUT2D eigenvalue weighted by Gasteiger charge is -2.11. The average molecular weight is 426 g/mol. The van der Waals surface area contributed by atoms with Crippen molar-refractivity contribution >= 4 is 32.9 Å². The zero-order valence-corrected chi connectivity index (χ0v) is 16.0. The van der Waals surface area contributed by atoms with E-state index >= 15 is 0 Å². The highest BCUT2D eigenvalue weighted by Gasteiger charge is 2.22. The number of amidine groups is 1. The van der Waals surface area contributed by atoms with Crippen LogP contribution in [0.1, 0.15) is 5.56 Å². The van der Waals surface area contributed by atoms with Gasteiger partial charge in [-0.1, -0.05) is 48.5 Å². The Bertz CT molecular complexity index is 1230. The summed E-state index contributed by atoms with van der Waals surface area (Å²) in [6.45, 7) is 0. The molecule has 0 unspecified atom stereocenters. The molecule has 0 aliphatic rings. The van der Waals surface area contributed by atoms with Crippen LogP contribution in [0.3, 0.4) is 0 Å². The highest BCUT2D eigenvalue weighted by atomic mass is 32.2. The molecule has 0 heterocycles. The van der Waals surface area contributed by atoms with Crippen molar-refractivity contribution < 1.29 is 18.3 Å². The van der Waals surface area contributed by atoms with Gasteiger partial charge in [0.1, 0.15) is 5.69 Å². The molecule has 10 nitrogen and oxygen atoms in total. The first-order valence-electron chi connectivity index (χ1n) is 8.43. The molecule has 0 aliphatic carbocycles. The van der Waals surface area contributed by atoms with Crippen molar-refractivity contribution in [1.29, 1.82) is 0 Å². The molecular formula is C19H14N4O6S. The summed E-state index contributed by atoms with van der Waals surface area (Å²) in [4.78, 5) is 20.7. The molecule has 0 aromatic heterocycles. The quantitative estimate of drug-likeness (QED) is 0.273. The van der Waals surface area contributed by atoms with E-state index in [1.54, 1.807) is 48.5 Å². The van der Waals surface area contributed by atoms with Gasteiger partial charge in [-0.3, -0.25) is 20.2 Å². The number of hydrogen-bond acceptors (Lipinski definition) is 6. The number of nitrogens with zero attached hydrogens (tertiary/aromatic N) is 3. The summed E-state index contributed by atoms with van der Waals surface area (Å²) in [5.41, 5.74) is -0.853. The van der Waals surface area contributed by atoms with Gasteiger partial charge in [0, 0.05) is 11.6 Å². The minimum atomic E-state index is -4.14. The second-order valence-electron chi connectivity index (χ2n) is 5.93. The van der Waals surface area contributed by atoms with Gasteiger partial charge in [0.15, 0.2) is 5.84 Å². The van der Waals surface area contributed by atoms with E-state index in [0.717, 1.165) is 18.2 Å². The van der Waals surface area contributed by atoms with Gasteiger partial charge in [0.25, 0.3) is 21.4 Å². The van der Waals surface area contributed by atoms with E-state index in [9.17, 15) is 28.6 Å². The van der Waals surface area contributed by atoms with Crippen molar-refractivity contribution in [2.45, 2.75) is 4.90 Å². The zero-order valence-electron chi connectivity index (χ0n) is 15.2. The Kier molecular flexibility index (Phi) is 5.83. The molecule has 1 N–H and O–H groups in total. The van der Waals surface area contributed by atoms with Crippen molar-refractivity contribution in [3.63, 3.8) is 0 Å². The van der Waals surface area contributed by atoms with Gasteiger partial charge >= 0.3 is 0 Å². The minimum absolute atomic E-state index is 0.0570. The van der Waals surface area contributed by atoms with E-state index in [4.69, 9.17) is 0 Å². The van der Waals surface area contributed by atoms with Crippen LogP contribution in [0.15, 0.2) is 88.2 Å². The second-order valence-corrected chi connectivity index (χ2v) is 7.54. The van der Waals surface area contributed by atoms with Gasteiger partial charge < -0.3 is 5.32 Å². The molecule has 3 rings (SSSR count). The number of nitro benzene ring substituents is 2. The minimum Gasteiger partial charge on any atom is -0.333 e. The largest absolute Gasteiger partial charge is 0.333 e. The monoisotopic (exact) mass is 426 g/mol. The van der Waals surface area contributed by atoms with Crippen LogP contribution in [0.5, 0.6) is 0 Å². The van der Waals surface area contributed by atoms with E-state index in [-0.39, 0.29) is 16.4 Å². The van der Waals surface area contributed by atoms with Crippen LogP contribution in [0.2, 0.25) is 0 Å². The van der Waals surface area contributed by atoms with Crippen LogP contribution in [0.4, 0.5) is 17.1 Å². The normalized spacial score (nSPS) is 11.7. The fraction of sp³-hybridized carbons (Fsp3) is 0. The molecule has 0 fully saturated rings. The van der Waals surface area contributed by atoms with E-state index < -0.39 is 31.2 Å². The summed E-state index contributed by atoms with van der Waals surface area (Å²) < 4.78 is 29.3. The molecule has 0 spiro atoms. The average Bonchev–Trinajstić information content (AvgIpc) is 2.74. The van der Waals surface area contributed by atoms with Crippen LogP contribution >= 0.6 is 0 Å². The van der Waals surface area contributed by atoms with Gasteiger partial charge in [0.05, 0.1) is 20.8 Å². The molecule has 152 valence electrons. The van der Waals surface area contributed by atoms with E-state index in [0.29, 0.717) is 5.56 Å². The summed E-state index contributed by atoms with van der Waals surface area (Å²) >= 11 is 0. The molecule has 30 heavy (non-hydrogen) atoms. The Hall–Kier alpha value is -4.12. The molecule has 0 saturated heterocycles. The number of benzene rings is 3. The van der Waals surface area contributed by atoms with Gasteiger partial charge in [-0.2, -0.15) is 8.42 Å². The summed E-state index contributed by atoms with van der Waals surface area (Å²) in [7, 11) is -4.14. The highest BCUT2D eigenvalue weighted by molar-refractivity contribution is 7.90. The maximum Gasteiger partial charge on any atom is 0.299 e. The number of nitrogens with one attached hydrogen (secondary N) is 1. The third-order valence-corrected chi connectivity index (χ3v) is 5.23. The first-order valence-corrected chi connectivity index (χ1v) is 9.87. The molecule has 0 saturated carbocycles. The van der Waals surface area contributed by atoms with Crippen LogP contribution in [-0.2, 0) is 10.0 Å². The summed E-state index contributed by atoms with van der Waals surface area (Å²) in [6, 6.07) is 18.6. The molecule has 0 atom stereocenters. The second kappa shape index (κ2) is 8.49. The number of nitro groups is 2. The number of anilines is 1.